The molecule has 0 radical (unpaired) electrons. The van der Waals surface area contributed by atoms with Gasteiger partial charge in [0.05, 0.1) is 18.3 Å². The van der Waals surface area contributed by atoms with Crippen molar-refractivity contribution >= 4 is 21.9 Å². The molecule has 0 aromatic carbocycles. The topological polar surface area (TPSA) is 122 Å². The fourth-order valence-electron chi connectivity index (χ4n) is 9.78. The van der Waals surface area contributed by atoms with Gasteiger partial charge in [0.25, 0.3) is 0 Å². The molecule has 11 atom stereocenters. The molecular formula is C32H56N2O6S. The molecule has 8 nitrogen and oxygen atoms in total. The van der Waals surface area contributed by atoms with Crippen molar-refractivity contribution in [1.29, 1.82) is 0 Å². The molecule has 0 spiro atoms. The predicted molar refractivity (Wildman–Crippen MR) is 160 cm³/mol. The number of amides is 1. The lowest BCUT2D eigenvalue weighted by atomic mass is 9.43. The van der Waals surface area contributed by atoms with Gasteiger partial charge in [-0.25, -0.2) is 13.1 Å². The van der Waals surface area contributed by atoms with Crippen molar-refractivity contribution in [3.63, 3.8) is 0 Å². The molecule has 1 amide bonds. The summed E-state index contributed by atoms with van der Waals surface area (Å²) in [7, 11) is -3.26. The first-order valence-corrected chi connectivity index (χ1v) is 18.2. The van der Waals surface area contributed by atoms with E-state index in [9.17, 15) is 23.1 Å². The lowest BCUT2D eigenvalue weighted by Crippen LogP contribution is -2.59. The normalized spacial score (nSPS) is 40.0. The number of aliphatic hydroxyl groups is 1. The highest BCUT2D eigenvalue weighted by Gasteiger charge is 2.63. The van der Waals surface area contributed by atoms with Crippen LogP contribution in [0.3, 0.4) is 0 Å². The van der Waals surface area contributed by atoms with Gasteiger partial charge >= 0.3 is 5.97 Å². The van der Waals surface area contributed by atoms with Gasteiger partial charge in [0.1, 0.15) is 6.10 Å². The number of esters is 1. The monoisotopic (exact) mass is 596 g/mol. The predicted octanol–water partition coefficient (Wildman–Crippen LogP) is 4.66. The Hall–Kier alpha value is -1.19. The average molecular weight is 597 g/mol. The highest BCUT2D eigenvalue weighted by molar-refractivity contribution is 7.88. The van der Waals surface area contributed by atoms with E-state index in [2.05, 4.69) is 30.8 Å². The second kappa shape index (κ2) is 12.8. The maximum atomic E-state index is 12.5. The highest BCUT2D eigenvalue weighted by Crippen LogP contribution is 2.68. The Kier molecular flexibility index (Phi) is 10.2. The molecule has 4 rings (SSSR count). The minimum absolute atomic E-state index is 0.0368. The standard InChI is InChI=1S/C32H56N2O6S/c1-7-20(2)30(37)40-23-14-15-31(4)22(18-23)9-10-24-26-12-11-25(32(26,5)28(35)19-27(24)31)21(3)8-13-29(36)33-16-17-34-41(6,38)39/h20-28,34-35H,7-19H2,1-6H3,(H,33,36)/t20?,21?,22?,23?,24?,25?,26?,27?,28?,31-,32+/m0/s1. The summed E-state index contributed by atoms with van der Waals surface area (Å²) in [5.74, 6) is 2.79. The molecule has 0 bridgehead atoms. The summed E-state index contributed by atoms with van der Waals surface area (Å²) < 4.78 is 30.8. The number of nitrogens with one attached hydrogen (secondary N) is 2. The minimum atomic E-state index is -3.26. The molecule has 4 aliphatic carbocycles. The van der Waals surface area contributed by atoms with Crippen molar-refractivity contribution in [2.75, 3.05) is 19.3 Å². The Morgan fingerprint density at radius 1 is 1.02 bits per heavy atom. The van der Waals surface area contributed by atoms with Crippen LogP contribution in [-0.2, 0) is 24.3 Å². The largest absolute Gasteiger partial charge is 0.462 e. The molecule has 9 heteroatoms. The molecule has 0 heterocycles. The van der Waals surface area contributed by atoms with Gasteiger partial charge in [-0.2, -0.15) is 0 Å². The molecule has 4 fully saturated rings. The Labute approximate surface area is 248 Å². The number of ether oxygens (including phenoxy) is 1. The van der Waals surface area contributed by atoms with E-state index in [1.807, 2.05) is 13.8 Å². The number of rotatable bonds is 11. The van der Waals surface area contributed by atoms with Crippen LogP contribution in [0.5, 0.6) is 0 Å². The Bertz CT molecular complexity index is 1050. The van der Waals surface area contributed by atoms with E-state index >= 15 is 0 Å². The van der Waals surface area contributed by atoms with E-state index in [1.165, 1.54) is 12.8 Å². The van der Waals surface area contributed by atoms with Gasteiger partial charge in [-0.1, -0.05) is 34.6 Å². The van der Waals surface area contributed by atoms with Gasteiger partial charge in [-0.3, -0.25) is 9.59 Å². The molecule has 41 heavy (non-hydrogen) atoms. The zero-order valence-electron chi connectivity index (χ0n) is 26.3. The third kappa shape index (κ3) is 6.82. The molecule has 4 saturated carbocycles. The smallest absolute Gasteiger partial charge is 0.308 e. The van der Waals surface area contributed by atoms with E-state index < -0.39 is 10.0 Å². The number of hydrogen-bond donors (Lipinski definition) is 3. The number of carbonyl (C=O) groups excluding carboxylic acids is 2. The summed E-state index contributed by atoms with van der Waals surface area (Å²) in [6, 6.07) is 0. The quantitative estimate of drug-likeness (QED) is 0.236. The Morgan fingerprint density at radius 3 is 2.44 bits per heavy atom. The Morgan fingerprint density at radius 2 is 1.76 bits per heavy atom. The molecule has 0 aromatic rings. The van der Waals surface area contributed by atoms with E-state index in [4.69, 9.17) is 4.74 Å². The summed E-state index contributed by atoms with van der Waals surface area (Å²) in [5.41, 5.74) is 0.0704. The average Bonchev–Trinajstić information content (AvgIpc) is 3.28. The molecule has 0 saturated heterocycles. The molecule has 9 unspecified atom stereocenters. The Balaban J connectivity index is 1.35. The van der Waals surface area contributed by atoms with Gasteiger partial charge in [0, 0.05) is 19.5 Å². The van der Waals surface area contributed by atoms with Gasteiger partial charge in [0.2, 0.25) is 15.9 Å². The van der Waals surface area contributed by atoms with Gasteiger partial charge in [-0.05, 0) is 111 Å². The second-order valence-electron chi connectivity index (χ2n) is 14.6. The van der Waals surface area contributed by atoms with Crippen LogP contribution >= 0.6 is 0 Å². The summed E-state index contributed by atoms with van der Waals surface area (Å²) in [6.45, 7) is 11.5. The fraction of sp³-hybridized carbons (Fsp3) is 0.938. The first-order valence-electron chi connectivity index (χ1n) is 16.3. The maximum Gasteiger partial charge on any atom is 0.308 e. The van der Waals surface area contributed by atoms with Crippen LogP contribution < -0.4 is 10.0 Å². The van der Waals surface area contributed by atoms with E-state index in [-0.39, 0.29) is 53.9 Å². The molecule has 4 aliphatic rings. The minimum Gasteiger partial charge on any atom is -0.462 e. The van der Waals surface area contributed by atoms with Crippen LogP contribution in [0.25, 0.3) is 0 Å². The van der Waals surface area contributed by atoms with Crippen molar-refractivity contribution in [3.8, 4) is 0 Å². The zero-order chi connectivity index (χ0) is 30.2. The summed E-state index contributed by atoms with van der Waals surface area (Å²) in [5, 5.41) is 14.7. The first kappa shape index (κ1) is 32.7. The van der Waals surface area contributed by atoms with Crippen LogP contribution in [0.1, 0.15) is 105 Å². The lowest BCUT2D eigenvalue weighted by Gasteiger charge is -2.62. The molecule has 3 N–H and O–H groups in total. The summed E-state index contributed by atoms with van der Waals surface area (Å²) >= 11 is 0. The van der Waals surface area contributed by atoms with Crippen LogP contribution in [0.2, 0.25) is 0 Å². The SMILES string of the molecule is CCC(C)C(=O)OC1CC[C@@]2(C)C(CCC3C2CC(O)[C@]2(C)C(C(C)CCC(=O)NCCNS(C)(=O)=O)CCC32)C1. The molecule has 236 valence electrons. The highest BCUT2D eigenvalue weighted by atomic mass is 32.2. The van der Waals surface area contributed by atoms with Crippen LogP contribution in [0.4, 0.5) is 0 Å². The first-order chi connectivity index (χ1) is 19.2. The van der Waals surface area contributed by atoms with Crippen molar-refractivity contribution in [1.82, 2.24) is 10.0 Å². The number of hydrogen-bond acceptors (Lipinski definition) is 6. The van der Waals surface area contributed by atoms with E-state index in [1.54, 1.807) is 0 Å². The zero-order valence-corrected chi connectivity index (χ0v) is 27.1. The second-order valence-corrected chi connectivity index (χ2v) is 16.5. The van der Waals surface area contributed by atoms with Crippen LogP contribution in [0, 0.1) is 52.3 Å². The van der Waals surface area contributed by atoms with Gasteiger partial charge in [0.15, 0.2) is 0 Å². The number of sulfonamides is 1. The van der Waals surface area contributed by atoms with Gasteiger partial charge in [-0.15, -0.1) is 0 Å². The number of aliphatic hydroxyl groups excluding tert-OH is 1. The van der Waals surface area contributed by atoms with Gasteiger partial charge < -0.3 is 15.2 Å². The third-order valence-electron chi connectivity index (χ3n) is 12.4. The molecular weight excluding hydrogens is 540 g/mol. The van der Waals surface area contributed by atoms with Crippen molar-refractivity contribution in [2.45, 2.75) is 117 Å². The fourth-order valence-corrected chi connectivity index (χ4v) is 10.3. The number of carbonyl (C=O) groups is 2. The van der Waals surface area contributed by atoms with Crippen LogP contribution in [0.15, 0.2) is 0 Å². The molecule has 0 aliphatic heterocycles. The van der Waals surface area contributed by atoms with Crippen molar-refractivity contribution in [3.05, 3.63) is 0 Å². The van der Waals surface area contributed by atoms with Crippen LogP contribution in [-0.4, -0.2) is 57.0 Å². The summed E-state index contributed by atoms with van der Waals surface area (Å²) in [4.78, 5) is 24.9. The summed E-state index contributed by atoms with van der Waals surface area (Å²) in [6.07, 6.45) is 11.3. The van der Waals surface area contributed by atoms with Crippen molar-refractivity contribution < 1.29 is 27.9 Å². The maximum absolute atomic E-state index is 12.5. The van der Waals surface area contributed by atoms with E-state index in [0.717, 1.165) is 57.6 Å². The lowest BCUT2D eigenvalue weighted by molar-refractivity contribution is -0.183. The van der Waals surface area contributed by atoms with Crippen molar-refractivity contribution in [2.24, 2.45) is 52.3 Å². The van der Waals surface area contributed by atoms with E-state index in [0.29, 0.717) is 41.9 Å². The molecule has 0 aromatic heterocycles. The third-order valence-corrected chi connectivity index (χ3v) is 13.1. The number of fused-ring (bicyclic) bond motifs is 5.